The van der Waals surface area contributed by atoms with Gasteiger partial charge in [-0.05, 0) is 18.2 Å². The van der Waals surface area contributed by atoms with Crippen LogP contribution in [0.25, 0.3) is 10.9 Å². The van der Waals surface area contributed by atoms with Gasteiger partial charge in [0.25, 0.3) is 0 Å². The minimum absolute atomic E-state index is 0.0513. The molecule has 2 aromatic rings. The summed E-state index contributed by atoms with van der Waals surface area (Å²) in [6, 6.07) is 3.67. The highest BCUT2D eigenvalue weighted by molar-refractivity contribution is 9.09. The molecule has 0 aliphatic heterocycles. The van der Waals surface area contributed by atoms with Gasteiger partial charge in [0, 0.05) is 23.3 Å². The third kappa shape index (κ3) is 3.34. The molecule has 0 saturated heterocycles. The van der Waals surface area contributed by atoms with Crippen LogP contribution in [0.4, 0.5) is 17.6 Å². The van der Waals surface area contributed by atoms with Gasteiger partial charge in [-0.2, -0.15) is 13.2 Å². The number of aromatic nitrogens is 1. The number of benzene rings is 1. The van der Waals surface area contributed by atoms with E-state index in [9.17, 15) is 22.4 Å². The van der Waals surface area contributed by atoms with Crippen LogP contribution in [-0.4, -0.2) is 9.90 Å². The number of hydrogen-bond donors (Lipinski definition) is 0. The summed E-state index contributed by atoms with van der Waals surface area (Å²) >= 11 is 3.13. The fourth-order valence-corrected chi connectivity index (χ4v) is 2.29. The molecule has 0 spiro atoms. The first-order valence-electron chi connectivity index (χ1n) is 5.96. The van der Waals surface area contributed by atoms with Crippen molar-refractivity contribution in [2.45, 2.75) is 12.7 Å². The van der Waals surface area contributed by atoms with Crippen LogP contribution in [0.5, 0.6) is 0 Å². The zero-order valence-corrected chi connectivity index (χ0v) is 12.2. The summed E-state index contributed by atoms with van der Waals surface area (Å²) < 4.78 is 53.4. The predicted octanol–water partition coefficient (Wildman–Crippen LogP) is 4.11. The topological polar surface area (TPSA) is 22.0 Å². The van der Waals surface area contributed by atoms with Gasteiger partial charge in [0.15, 0.2) is 5.43 Å². The Morgan fingerprint density at radius 2 is 1.90 bits per heavy atom. The minimum atomic E-state index is -4.66. The largest absolute Gasteiger partial charge is 0.431 e. The smallest absolute Gasteiger partial charge is 0.333 e. The van der Waals surface area contributed by atoms with Gasteiger partial charge in [0.1, 0.15) is 11.5 Å². The monoisotopic (exact) mass is 363 g/mol. The average molecular weight is 364 g/mol. The number of alkyl halides is 4. The fraction of sp³-hybridized carbons (Fsp3) is 0.214. The van der Waals surface area contributed by atoms with Gasteiger partial charge in [-0.25, -0.2) is 4.39 Å². The number of rotatable bonds is 3. The van der Waals surface area contributed by atoms with E-state index in [0.717, 1.165) is 16.7 Å². The Labute approximate surface area is 125 Å². The van der Waals surface area contributed by atoms with Crippen LogP contribution in [0, 0.1) is 5.82 Å². The van der Waals surface area contributed by atoms with Gasteiger partial charge in [-0.3, -0.25) is 4.79 Å². The molecule has 7 heteroatoms. The molecule has 0 fully saturated rings. The van der Waals surface area contributed by atoms with Gasteiger partial charge in [0.2, 0.25) is 0 Å². The maximum atomic E-state index is 13.2. The molecule has 0 aliphatic carbocycles. The van der Waals surface area contributed by atoms with Gasteiger partial charge in [-0.15, -0.1) is 0 Å². The van der Waals surface area contributed by atoms with Crippen molar-refractivity contribution in [3.8, 4) is 0 Å². The maximum Gasteiger partial charge on any atom is 0.431 e. The molecule has 2 nitrogen and oxygen atoms in total. The summed E-state index contributed by atoms with van der Waals surface area (Å²) in [5.74, 6) is -0.665. The maximum absolute atomic E-state index is 13.2. The number of pyridine rings is 1. The molecule has 112 valence electrons. The second-order valence-electron chi connectivity index (χ2n) is 4.29. The molecule has 1 heterocycles. The molecule has 1 aromatic heterocycles. The molecule has 0 unspecified atom stereocenters. The van der Waals surface area contributed by atoms with Crippen molar-refractivity contribution in [3.63, 3.8) is 0 Å². The highest BCUT2D eigenvalue weighted by atomic mass is 79.9. The quantitative estimate of drug-likeness (QED) is 0.457. The molecule has 21 heavy (non-hydrogen) atoms. The van der Waals surface area contributed by atoms with Crippen LogP contribution in [0.2, 0.25) is 0 Å². The van der Waals surface area contributed by atoms with Crippen LogP contribution < -0.4 is 5.43 Å². The molecule has 0 bridgehead atoms. The summed E-state index contributed by atoms with van der Waals surface area (Å²) in [5.41, 5.74) is -1.85. The zero-order chi connectivity index (χ0) is 15.6. The summed E-state index contributed by atoms with van der Waals surface area (Å²) in [6.45, 7) is -0.0666. The van der Waals surface area contributed by atoms with Crippen molar-refractivity contribution in [2.24, 2.45) is 0 Å². The Bertz CT molecular complexity index is 749. The van der Waals surface area contributed by atoms with Crippen LogP contribution in [0.3, 0.4) is 0 Å². The van der Waals surface area contributed by atoms with E-state index in [-0.39, 0.29) is 17.4 Å². The van der Waals surface area contributed by atoms with E-state index in [2.05, 4.69) is 15.9 Å². The first kappa shape index (κ1) is 15.8. The normalized spacial score (nSPS) is 12.4. The van der Waals surface area contributed by atoms with E-state index in [1.54, 1.807) is 6.08 Å². The van der Waals surface area contributed by atoms with Gasteiger partial charge in [-0.1, -0.05) is 28.1 Å². The second-order valence-corrected chi connectivity index (χ2v) is 4.94. The third-order valence-electron chi connectivity index (χ3n) is 2.91. The lowest BCUT2D eigenvalue weighted by Crippen LogP contribution is -2.21. The Balaban J connectivity index is 2.77. The van der Waals surface area contributed by atoms with E-state index >= 15 is 0 Å². The van der Waals surface area contributed by atoms with E-state index < -0.39 is 23.1 Å². The Hall–Kier alpha value is -1.63. The molecular formula is C14H10BrF4NO. The number of hydrogen-bond acceptors (Lipinski definition) is 1. The molecule has 0 N–H and O–H groups in total. The Morgan fingerprint density at radius 3 is 2.52 bits per heavy atom. The molecule has 1 aromatic carbocycles. The predicted molar refractivity (Wildman–Crippen MR) is 76.1 cm³/mol. The minimum Gasteiger partial charge on any atom is -0.333 e. The van der Waals surface area contributed by atoms with Crippen molar-refractivity contribution < 1.29 is 17.6 Å². The lowest BCUT2D eigenvalue weighted by atomic mass is 10.1. The molecule has 0 atom stereocenters. The third-order valence-corrected chi connectivity index (χ3v) is 3.28. The van der Waals surface area contributed by atoms with Crippen LogP contribution in [0.15, 0.2) is 41.2 Å². The van der Waals surface area contributed by atoms with Crippen molar-refractivity contribution in [1.29, 1.82) is 0 Å². The molecule has 0 amide bonds. The van der Waals surface area contributed by atoms with E-state index in [1.165, 1.54) is 12.1 Å². The lowest BCUT2D eigenvalue weighted by molar-refractivity contribution is -0.143. The van der Waals surface area contributed by atoms with E-state index in [1.807, 2.05) is 0 Å². The Morgan fingerprint density at radius 1 is 1.19 bits per heavy atom. The standard InChI is InChI=1S/C14H10BrF4NO/c15-5-1-2-6-20-11-4-3-9(16)7-10(11)12(21)8-13(20)14(17,18)19/h1-4,7-8H,5-6H2/b2-1+. The number of nitrogens with zero attached hydrogens (tertiary/aromatic N) is 1. The summed E-state index contributed by atoms with van der Waals surface area (Å²) in [7, 11) is 0. The van der Waals surface area contributed by atoms with E-state index in [0.29, 0.717) is 11.4 Å². The molecule has 0 radical (unpaired) electrons. The number of halogens is 5. The molecule has 0 aliphatic rings. The average Bonchev–Trinajstić information content (AvgIpc) is 2.40. The second kappa shape index (κ2) is 6.01. The first-order chi connectivity index (χ1) is 9.84. The van der Waals surface area contributed by atoms with Crippen molar-refractivity contribution in [2.75, 3.05) is 5.33 Å². The molecular weight excluding hydrogens is 354 g/mol. The van der Waals surface area contributed by atoms with Crippen LogP contribution >= 0.6 is 15.9 Å². The van der Waals surface area contributed by atoms with Crippen molar-refractivity contribution in [3.05, 3.63) is 58.2 Å². The molecule has 2 rings (SSSR count). The summed E-state index contributed by atoms with van der Waals surface area (Å²) in [5, 5.41) is 0.427. The lowest BCUT2D eigenvalue weighted by Gasteiger charge is -2.17. The van der Waals surface area contributed by atoms with Crippen molar-refractivity contribution >= 4 is 26.8 Å². The zero-order valence-electron chi connectivity index (χ0n) is 10.6. The van der Waals surface area contributed by atoms with E-state index in [4.69, 9.17) is 0 Å². The number of allylic oxidation sites excluding steroid dienone is 2. The molecule has 0 saturated carbocycles. The summed E-state index contributed by atoms with van der Waals surface area (Å²) in [4.78, 5) is 11.8. The number of fused-ring (bicyclic) bond motifs is 1. The van der Waals surface area contributed by atoms with Gasteiger partial charge < -0.3 is 4.57 Å². The van der Waals surface area contributed by atoms with Gasteiger partial charge in [0.05, 0.1) is 5.52 Å². The summed E-state index contributed by atoms with van der Waals surface area (Å²) in [6.07, 6.45) is -1.48. The first-order valence-corrected chi connectivity index (χ1v) is 7.08. The van der Waals surface area contributed by atoms with Gasteiger partial charge >= 0.3 is 6.18 Å². The Kier molecular flexibility index (Phi) is 4.51. The SMILES string of the molecule is O=c1cc(C(F)(F)F)n(C/C=C/CBr)c2ccc(F)cc12. The van der Waals surface area contributed by atoms with Crippen LogP contribution in [-0.2, 0) is 12.7 Å². The van der Waals surface area contributed by atoms with Crippen molar-refractivity contribution in [1.82, 2.24) is 4.57 Å². The fourth-order valence-electron chi connectivity index (χ4n) is 2.03. The highest BCUT2D eigenvalue weighted by Crippen LogP contribution is 2.30. The highest BCUT2D eigenvalue weighted by Gasteiger charge is 2.34. The van der Waals surface area contributed by atoms with Crippen LogP contribution in [0.1, 0.15) is 5.69 Å².